The Bertz CT molecular complexity index is 607. The molecule has 0 radical (unpaired) electrons. The molecule has 2 heterocycles. The molecule has 0 bridgehead atoms. The summed E-state index contributed by atoms with van der Waals surface area (Å²) in [6.45, 7) is 2.74. The highest BCUT2D eigenvalue weighted by atomic mass is 16.6. The smallest absolute Gasteiger partial charge is 0.287 e. The molecule has 0 N–H and O–H groups in total. The maximum Gasteiger partial charge on any atom is 0.287 e. The van der Waals surface area contributed by atoms with Crippen molar-refractivity contribution in [2.45, 2.75) is 25.0 Å². The number of nitriles is 1. The Kier molecular flexibility index (Phi) is 4.22. The summed E-state index contributed by atoms with van der Waals surface area (Å²) in [7, 11) is 0. The zero-order chi connectivity index (χ0) is 15.5. The first-order chi connectivity index (χ1) is 10.7. The van der Waals surface area contributed by atoms with Gasteiger partial charge in [0.2, 0.25) is 0 Å². The summed E-state index contributed by atoms with van der Waals surface area (Å²) in [4.78, 5) is 12.5. The van der Waals surface area contributed by atoms with Crippen molar-refractivity contribution >= 4 is 11.4 Å². The van der Waals surface area contributed by atoms with Crippen LogP contribution < -0.4 is 4.90 Å². The quantitative estimate of drug-likeness (QED) is 0.625. The molecule has 1 aromatic rings. The van der Waals surface area contributed by atoms with E-state index in [9.17, 15) is 10.1 Å². The van der Waals surface area contributed by atoms with Crippen LogP contribution in [0.4, 0.5) is 11.4 Å². The lowest BCUT2D eigenvalue weighted by atomic mass is 10.1. The van der Waals surface area contributed by atoms with Gasteiger partial charge in [-0.05, 0) is 25.0 Å². The molecule has 0 amide bonds. The lowest BCUT2D eigenvalue weighted by Gasteiger charge is -2.36. The fourth-order valence-corrected chi connectivity index (χ4v) is 3.00. The summed E-state index contributed by atoms with van der Waals surface area (Å²) in [5.74, 6) is 0. The third-order valence-corrected chi connectivity index (χ3v) is 4.14. The molecule has 116 valence electrons. The van der Waals surface area contributed by atoms with E-state index in [1.807, 2.05) is 6.07 Å². The van der Waals surface area contributed by atoms with E-state index in [2.05, 4.69) is 4.90 Å². The van der Waals surface area contributed by atoms with Crippen molar-refractivity contribution in [2.75, 3.05) is 31.2 Å². The number of nitrogens with zero attached hydrogens (tertiary/aromatic N) is 3. The molecular formula is C15H17N3O4. The predicted octanol–water partition coefficient (Wildman–Crippen LogP) is 1.85. The summed E-state index contributed by atoms with van der Waals surface area (Å²) in [6, 6.07) is 6.56. The van der Waals surface area contributed by atoms with Gasteiger partial charge in [-0.1, -0.05) is 0 Å². The number of hydrogen-bond donors (Lipinski definition) is 0. The SMILES string of the molecule is N#Cc1cc(N2CCO[C@@H]([C@@H]3CCCO3)C2)ccc1[N+](=O)[O-]. The summed E-state index contributed by atoms with van der Waals surface area (Å²) in [6.07, 6.45) is 2.19. The Balaban J connectivity index is 1.78. The van der Waals surface area contributed by atoms with Crippen molar-refractivity contribution in [2.24, 2.45) is 0 Å². The van der Waals surface area contributed by atoms with Crippen LogP contribution in [0, 0.1) is 21.4 Å². The first-order valence-corrected chi connectivity index (χ1v) is 7.36. The second kappa shape index (κ2) is 6.30. The Morgan fingerprint density at radius 1 is 1.32 bits per heavy atom. The maximum atomic E-state index is 10.9. The van der Waals surface area contributed by atoms with Crippen LogP contribution in [0.5, 0.6) is 0 Å². The molecule has 2 aliphatic heterocycles. The highest BCUT2D eigenvalue weighted by Crippen LogP contribution is 2.28. The number of anilines is 1. The fourth-order valence-electron chi connectivity index (χ4n) is 3.00. The normalized spacial score (nSPS) is 25.0. The van der Waals surface area contributed by atoms with Crippen LogP contribution in [0.25, 0.3) is 0 Å². The topological polar surface area (TPSA) is 88.6 Å². The Morgan fingerprint density at radius 3 is 2.82 bits per heavy atom. The van der Waals surface area contributed by atoms with Crippen LogP contribution in [0.15, 0.2) is 18.2 Å². The van der Waals surface area contributed by atoms with Gasteiger partial charge < -0.3 is 14.4 Å². The van der Waals surface area contributed by atoms with Gasteiger partial charge in [0.25, 0.3) is 5.69 Å². The summed E-state index contributed by atoms with van der Waals surface area (Å²) in [5, 5.41) is 20.0. The minimum atomic E-state index is -0.531. The number of nitro groups is 1. The van der Waals surface area contributed by atoms with Gasteiger partial charge in [0.1, 0.15) is 17.7 Å². The third-order valence-electron chi connectivity index (χ3n) is 4.14. The van der Waals surface area contributed by atoms with Gasteiger partial charge in [-0.2, -0.15) is 5.26 Å². The number of ether oxygens (including phenoxy) is 2. The standard InChI is InChI=1S/C15H17N3O4/c16-9-11-8-12(3-4-13(11)18(19)20)17-5-7-22-15(10-17)14-2-1-6-21-14/h3-4,8,14-15H,1-2,5-7,10H2/t14-,15+/m0/s1. The molecule has 2 atom stereocenters. The van der Waals surface area contributed by atoms with Gasteiger partial charge in [-0.3, -0.25) is 10.1 Å². The zero-order valence-corrected chi connectivity index (χ0v) is 12.1. The average Bonchev–Trinajstić information content (AvgIpc) is 3.08. The molecule has 2 aliphatic rings. The second-order valence-corrected chi connectivity index (χ2v) is 5.48. The van der Waals surface area contributed by atoms with Crippen molar-refractivity contribution in [1.82, 2.24) is 0 Å². The molecule has 0 aliphatic carbocycles. The Morgan fingerprint density at radius 2 is 2.14 bits per heavy atom. The van der Waals surface area contributed by atoms with Crippen molar-refractivity contribution < 1.29 is 14.4 Å². The largest absolute Gasteiger partial charge is 0.375 e. The lowest BCUT2D eigenvalue weighted by Crippen LogP contribution is -2.47. The molecule has 0 aromatic heterocycles. The molecular weight excluding hydrogens is 286 g/mol. The van der Waals surface area contributed by atoms with E-state index >= 15 is 0 Å². The number of morpholine rings is 1. The highest BCUT2D eigenvalue weighted by Gasteiger charge is 2.31. The van der Waals surface area contributed by atoms with E-state index in [-0.39, 0.29) is 23.5 Å². The average molecular weight is 303 g/mol. The first kappa shape index (κ1) is 14.8. The van der Waals surface area contributed by atoms with E-state index in [0.29, 0.717) is 19.7 Å². The molecule has 0 spiro atoms. The van der Waals surface area contributed by atoms with Crippen LogP contribution >= 0.6 is 0 Å². The molecule has 0 unspecified atom stereocenters. The van der Waals surface area contributed by atoms with Gasteiger partial charge >= 0.3 is 0 Å². The molecule has 0 saturated carbocycles. The van der Waals surface area contributed by atoms with Crippen molar-refractivity contribution in [3.63, 3.8) is 0 Å². The van der Waals surface area contributed by atoms with E-state index in [4.69, 9.17) is 14.7 Å². The highest BCUT2D eigenvalue weighted by molar-refractivity contribution is 5.60. The van der Waals surface area contributed by atoms with Crippen LogP contribution in [0.1, 0.15) is 18.4 Å². The molecule has 1 aromatic carbocycles. The van der Waals surface area contributed by atoms with Crippen molar-refractivity contribution in [3.05, 3.63) is 33.9 Å². The van der Waals surface area contributed by atoms with Crippen molar-refractivity contribution in [3.8, 4) is 6.07 Å². The number of hydrogen-bond acceptors (Lipinski definition) is 6. The van der Waals surface area contributed by atoms with Gasteiger partial charge in [0, 0.05) is 31.5 Å². The predicted molar refractivity (Wildman–Crippen MR) is 78.7 cm³/mol. The van der Waals surface area contributed by atoms with Crippen LogP contribution in [-0.2, 0) is 9.47 Å². The minimum Gasteiger partial charge on any atom is -0.375 e. The Hall–Kier alpha value is -2.17. The van der Waals surface area contributed by atoms with Crippen LogP contribution in [0.3, 0.4) is 0 Å². The molecule has 2 fully saturated rings. The van der Waals surface area contributed by atoms with Crippen LogP contribution in [0.2, 0.25) is 0 Å². The molecule has 2 saturated heterocycles. The van der Waals surface area contributed by atoms with Gasteiger partial charge in [0.05, 0.1) is 17.6 Å². The number of nitro benzene ring substituents is 1. The van der Waals surface area contributed by atoms with Crippen molar-refractivity contribution in [1.29, 1.82) is 5.26 Å². The Labute approximate surface area is 128 Å². The van der Waals surface area contributed by atoms with Gasteiger partial charge in [-0.15, -0.1) is 0 Å². The molecule has 7 heteroatoms. The van der Waals surface area contributed by atoms with Crippen LogP contribution in [-0.4, -0.2) is 43.4 Å². The third kappa shape index (κ3) is 2.89. The van der Waals surface area contributed by atoms with Gasteiger partial charge in [0.15, 0.2) is 0 Å². The monoisotopic (exact) mass is 303 g/mol. The first-order valence-electron chi connectivity index (χ1n) is 7.36. The second-order valence-electron chi connectivity index (χ2n) is 5.48. The van der Waals surface area contributed by atoms with E-state index in [0.717, 1.165) is 25.1 Å². The number of rotatable bonds is 3. The summed E-state index contributed by atoms with van der Waals surface area (Å²) >= 11 is 0. The zero-order valence-electron chi connectivity index (χ0n) is 12.1. The molecule has 7 nitrogen and oxygen atoms in total. The maximum absolute atomic E-state index is 10.9. The van der Waals surface area contributed by atoms with E-state index in [1.54, 1.807) is 12.1 Å². The number of benzene rings is 1. The minimum absolute atomic E-state index is 0.0111. The summed E-state index contributed by atoms with van der Waals surface area (Å²) < 4.78 is 11.5. The van der Waals surface area contributed by atoms with Gasteiger partial charge in [-0.25, -0.2) is 0 Å². The lowest BCUT2D eigenvalue weighted by molar-refractivity contribution is -0.385. The molecule has 22 heavy (non-hydrogen) atoms. The fraction of sp³-hybridized carbons (Fsp3) is 0.533. The van der Waals surface area contributed by atoms with E-state index in [1.165, 1.54) is 6.07 Å². The summed E-state index contributed by atoms with van der Waals surface area (Å²) in [5.41, 5.74) is 0.742. The molecule has 3 rings (SSSR count). The van der Waals surface area contributed by atoms with E-state index < -0.39 is 4.92 Å².